The standard InChI is InChI=1S/C17H14FN3O4S2/c18-11-1-3-12(4-2-11)19-15-9-27(24,25)10-16(15)20(17(19)26)13-5-7-14(8-6-13)21(22)23/h1-8,15-16H,9-10H2/t15-,16-/m0/s1. The Morgan fingerprint density at radius 1 is 0.963 bits per heavy atom. The first kappa shape index (κ1) is 17.8. The highest BCUT2D eigenvalue weighted by Gasteiger charge is 2.52. The summed E-state index contributed by atoms with van der Waals surface area (Å²) >= 11 is 5.60. The summed E-state index contributed by atoms with van der Waals surface area (Å²) in [4.78, 5) is 13.8. The Morgan fingerprint density at radius 2 is 1.41 bits per heavy atom. The van der Waals surface area contributed by atoms with Crippen molar-refractivity contribution in [3.63, 3.8) is 0 Å². The lowest BCUT2D eigenvalue weighted by molar-refractivity contribution is -0.384. The van der Waals surface area contributed by atoms with Gasteiger partial charge in [-0.15, -0.1) is 0 Å². The van der Waals surface area contributed by atoms with Gasteiger partial charge in [0.25, 0.3) is 5.69 Å². The molecule has 27 heavy (non-hydrogen) atoms. The smallest absolute Gasteiger partial charge is 0.269 e. The fourth-order valence-electron chi connectivity index (χ4n) is 3.64. The van der Waals surface area contributed by atoms with E-state index in [1.54, 1.807) is 34.1 Å². The summed E-state index contributed by atoms with van der Waals surface area (Å²) in [6.07, 6.45) is 0. The van der Waals surface area contributed by atoms with Crippen LogP contribution in [0.2, 0.25) is 0 Å². The van der Waals surface area contributed by atoms with Crippen molar-refractivity contribution >= 4 is 44.2 Å². The van der Waals surface area contributed by atoms with Crippen molar-refractivity contribution in [2.75, 3.05) is 21.3 Å². The molecule has 2 saturated heterocycles. The van der Waals surface area contributed by atoms with E-state index in [0.29, 0.717) is 16.5 Å². The van der Waals surface area contributed by atoms with E-state index in [4.69, 9.17) is 12.2 Å². The number of nitro benzene ring substituents is 1. The molecule has 0 unspecified atom stereocenters. The molecule has 2 aromatic carbocycles. The second kappa shape index (κ2) is 6.24. The average Bonchev–Trinajstić information content (AvgIpc) is 3.05. The highest BCUT2D eigenvalue weighted by molar-refractivity contribution is 7.91. The van der Waals surface area contributed by atoms with Gasteiger partial charge in [0, 0.05) is 23.5 Å². The van der Waals surface area contributed by atoms with Gasteiger partial charge in [0.1, 0.15) is 5.82 Å². The SMILES string of the molecule is O=[N+]([O-])c1ccc(N2C(=S)N(c3ccc(F)cc3)[C@H]3CS(=O)(=O)C[C@@H]32)cc1. The minimum Gasteiger partial charge on any atom is -0.312 e. The Bertz CT molecular complexity index is 1030. The van der Waals surface area contributed by atoms with Crippen LogP contribution < -0.4 is 9.80 Å². The highest BCUT2D eigenvalue weighted by atomic mass is 32.2. The average molecular weight is 407 g/mol. The molecular weight excluding hydrogens is 393 g/mol. The van der Waals surface area contributed by atoms with Gasteiger partial charge >= 0.3 is 0 Å². The van der Waals surface area contributed by atoms with Crippen LogP contribution in [0.25, 0.3) is 0 Å². The molecule has 2 aliphatic heterocycles. The maximum Gasteiger partial charge on any atom is 0.269 e. The van der Waals surface area contributed by atoms with Gasteiger partial charge in [-0.2, -0.15) is 0 Å². The number of rotatable bonds is 3. The molecule has 0 radical (unpaired) electrons. The molecule has 0 bridgehead atoms. The van der Waals surface area contributed by atoms with Gasteiger partial charge in [0.2, 0.25) is 0 Å². The molecule has 2 fully saturated rings. The molecule has 2 heterocycles. The molecule has 0 aliphatic carbocycles. The van der Waals surface area contributed by atoms with Gasteiger partial charge in [0.15, 0.2) is 14.9 Å². The Morgan fingerprint density at radius 3 is 1.85 bits per heavy atom. The summed E-state index contributed by atoms with van der Waals surface area (Å²) < 4.78 is 37.8. The molecule has 7 nitrogen and oxygen atoms in total. The third-order valence-electron chi connectivity index (χ3n) is 4.81. The maximum absolute atomic E-state index is 13.3. The number of nitrogens with zero attached hydrogens (tertiary/aromatic N) is 3. The number of halogens is 1. The third-order valence-corrected chi connectivity index (χ3v) is 6.90. The van der Waals surface area contributed by atoms with Gasteiger partial charge < -0.3 is 9.80 Å². The number of benzene rings is 2. The van der Waals surface area contributed by atoms with E-state index in [1.165, 1.54) is 24.3 Å². The maximum atomic E-state index is 13.3. The fourth-order valence-corrected chi connectivity index (χ4v) is 6.04. The third kappa shape index (κ3) is 3.04. The van der Waals surface area contributed by atoms with Gasteiger partial charge in [-0.05, 0) is 48.6 Å². The van der Waals surface area contributed by atoms with E-state index in [2.05, 4.69) is 0 Å². The van der Waals surface area contributed by atoms with Crippen LogP contribution in [0.1, 0.15) is 0 Å². The van der Waals surface area contributed by atoms with Crippen molar-refractivity contribution in [1.29, 1.82) is 0 Å². The number of sulfone groups is 1. The van der Waals surface area contributed by atoms with Crippen molar-refractivity contribution in [2.45, 2.75) is 12.1 Å². The van der Waals surface area contributed by atoms with Crippen LogP contribution in [0.15, 0.2) is 48.5 Å². The predicted molar refractivity (Wildman–Crippen MR) is 103 cm³/mol. The van der Waals surface area contributed by atoms with Crippen LogP contribution in [0.5, 0.6) is 0 Å². The van der Waals surface area contributed by atoms with Crippen LogP contribution in [0, 0.1) is 15.9 Å². The lowest BCUT2D eigenvalue weighted by Gasteiger charge is -2.25. The Labute approximate surface area is 160 Å². The second-order valence-electron chi connectivity index (χ2n) is 6.48. The second-order valence-corrected chi connectivity index (χ2v) is 9.00. The Balaban J connectivity index is 1.76. The minimum atomic E-state index is -3.27. The van der Waals surface area contributed by atoms with E-state index >= 15 is 0 Å². The van der Waals surface area contributed by atoms with E-state index in [1.807, 2.05) is 0 Å². The number of fused-ring (bicyclic) bond motifs is 1. The number of thiocarbonyl (C=S) groups is 1. The fraction of sp³-hybridized carbons (Fsp3) is 0.235. The summed E-state index contributed by atoms with van der Waals surface area (Å²) in [6.45, 7) is 0. The largest absolute Gasteiger partial charge is 0.312 e. The van der Waals surface area contributed by atoms with E-state index < -0.39 is 32.7 Å². The zero-order valence-corrected chi connectivity index (χ0v) is 15.5. The summed E-state index contributed by atoms with van der Waals surface area (Å²) in [5, 5.41) is 11.3. The summed E-state index contributed by atoms with van der Waals surface area (Å²) in [6, 6.07) is 10.7. The summed E-state index contributed by atoms with van der Waals surface area (Å²) in [5.41, 5.74) is 1.13. The Kier molecular flexibility index (Phi) is 4.11. The molecule has 0 N–H and O–H groups in total. The molecule has 4 rings (SSSR count). The van der Waals surface area contributed by atoms with Gasteiger partial charge in [-0.25, -0.2) is 12.8 Å². The highest BCUT2D eigenvalue weighted by Crippen LogP contribution is 2.38. The van der Waals surface area contributed by atoms with Gasteiger partial charge in [-0.3, -0.25) is 10.1 Å². The van der Waals surface area contributed by atoms with Crippen molar-refractivity contribution < 1.29 is 17.7 Å². The number of anilines is 2. The molecule has 2 atom stereocenters. The van der Waals surface area contributed by atoms with Crippen LogP contribution >= 0.6 is 12.2 Å². The molecule has 0 saturated carbocycles. The number of hydrogen-bond donors (Lipinski definition) is 0. The molecule has 0 aromatic heterocycles. The van der Waals surface area contributed by atoms with Crippen molar-refractivity contribution in [3.8, 4) is 0 Å². The summed E-state index contributed by atoms with van der Waals surface area (Å²) in [5.74, 6) is -0.516. The van der Waals surface area contributed by atoms with Crippen molar-refractivity contribution in [3.05, 3.63) is 64.5 Å². The van der Waals surface area contributed by atoms with Crippen LogP contribution in [0.3, 0.4) is 0 Å². The number of non-ortho nitro benzene ring substituents is 1. The molecule has 140 valence electrons. The van der Waals surface area contributed by atoms with Gasteiger partial charge in [-0.1, -0.05) is 0 Å². The summed E-state index contributed by atoms with van der Waals surface area (Å²) in [7, 11) is -3.27. The number of hydrogen-bond acceptors (Lipinski definition) is 5. The first-order valence-corrected chi connectivity index (χ1v) is 10.3. The zero-order valence-electron chi connectivity index (χ0n) is 13.9. The van der Waals surface area contributed by atoms with Crippen LogP contribution in [-0.4, -0.2) is 42.0 Å². The molecule has 2 aliphatic rings. The van der Waals surface area contributed by atoms with E-state index in [0.717, 1.165) is 0 Å². The van der Waals surface area contributed by atoms with Crippen LogP contribution in [0.4, 0.5) is 21.5 Å². The minimum absolute atomic E-state index is 0.0569. The van der Waals surface area contributed by atoms with Crippen LogP contribution in [-0.2, 0) is 9.84 Å². The first-order valence-electron chi connectivity index (χ1n) is 8.10. The normalized spacial score (nSPS) is 23.5. The predicted octanol–water partition coefficient (Wildman–Crippen LogP) is 2.51. The lowest BCUT2D eigenvalue weighted by Crippen LogP contribution is -2.37. The first-order chi connectivity index (χ1) is 12.8. The van der Waals surface area contributed by atoms with Crippen molar-refractivity contribution in [1.82, 2.24) is 0 Å². The molecule has 0 spiro atoms. The quantitative estimate of drug-likeness (QED) is 0.439. The molecule has 2 aromatic rings. The lowest BCUT2D eigenvalue weighted by atomic mass is 10.1. The van der Waals surface area contributed by atoms with E-state index in [9.17, 15) is 22.9 Å². The molecule has 10 heteroatoms. The van der Waals surface area contributed by atoms with E-state index in [-0.39, 0.29) is 17.2 Å². The zero-order chi connectivity index (χ0) is 19.3. The molecular formula is C17H14FN3O4S2. The van der Waals surface area contributed by atoms with Gasteiger partial charge in [0.05, 0.1) is 28.5 Å². The topological polar surface area (TPSA) is 83.8 Å². The monoisotopic (exact) mass is 407 g/mol. The molecule has 0 amide bonds. The number of nitro groups is 1. The Hall–Kier alpha value is -2.59. The van der Waals surface area contributed by atoms with Crippen molar-refractivity contribution in [2.24, 2.45) is 0 Å².